The van der Waals surface area contributed by atoms with Crippen LogP contribution in [0.25, 0.3) is 0 Å². The number of hydrogen-bond acceptors (Lipinski definition) is 8. The van der Waals surface area contributed by atoms with Crippen LogP contribution in [0, 0.1) is 29.1 Å². The van der Waals surface area contributed by atoms with E-state index in [2.05, 4.69) is 0 Å². The fourth-order valence-electron chi connectivity index (χ4n) is 8.37. The average Bonchev–Trinajstić information content (AvgIpc) is 3.41. The van der Waals surface area contributed by atoms with Crippen molar-refractivity contribution in [3.05, 3.63) is 95.1 Å². The second kappa shape index (κ2) is 9.46. The number of hydrogen-bond donors (Lipinski definition) is 3. The summed E-state index contributed by atoms with van der Waals surface area (Å²) in [6.45, 7) is 6.70. The molecule has 42 heavy (non-hydrogen) atoms. The molecule has 220 valence electrons. The zero-order valence-electron chi connectivity index (χ0n) is 24.1. The molecule has 3 N–H and O–H groups in total. The third-order valence-electron chi connectivity index (χ3n) is 10.5. The summed E-state index contributed by atoms with van der Waals surface area (Å²) < 4.78 is 12.6. The Labute approximate surface area is 244 Å². The van der Waals surface area contributed by atoms with Crippen LogP contribution in [-0.4, -0.2) is 62.6 Å². The molecule has 8 heteroatoms. The van der Waals surface area contributed by atoms with E-state index in [9.17, 15) is 29.7 Å². The lowest BCUT2D eigenvalue weighted by molar-refractivity contribution is -0.210. The lowest BCUT2D eigenvalue weighted by Crippen LogP contribution is -2.66. The smallest absolute Gasteiger partial charge is 0.338 e. The number of Topliss-reactive ketones (excluding diaryl/α,β-unsaturated/α-hetero) is 1. The van der Waals surface area contributed by atoms with Crippen molar-refractivity contribution < 1.29 is 39.2 Å². The molecule has 8 nitrogen and oxygen atoms in total. The summed E-state index contributed by atoms with van der Waals surface area (Å²) in [5, 5.41) is 35.0. The second-order valence-electron chi connectivity index (χ2n) is 12.9. The van der Waals surface area contributed by atoms with Gasteiger partial charge in [-0.1, -0.05) is 69.3 Å². The number of benzene rings is 2. The molecule has 4 aliphatic rings. The summed E-state index contributed by atoms with van der Waals surface area (Å²) in [7, 11) is 0. The van der Waals surface area contributed by atoms with Crippen molar-refractivity contribution in [2.45, 2.75) is 57.0 Å². The van der Waals surface area contributed by atoms with Crippen molar-refractivity contribution in [3.8, 4) is 0 Å². The SMILES string of the molecule is CC1=CC2C(O)(CC(CO)=CC3C4C(C)(C)C4(OC(=O)c4ccccc4)C(OC(=O)c4ccccc4)C(C)C32O)C1=O. The van der Waals surface area contributed by atoms with E-state index in [0.29, 0.717) is 22.3 Å². The molecule has 8 unspecified atom stereocenters. The van der Waals surface area contributed by atoms with Gasteiger partial charge in [-0.05, 0) is 42.3 Å². The van der Waals surface area contributed by atoms with E-state index in [1.165, 1.54) is 0 Å². The first-order valence-electron chi connectivity index (χ1n) is 14.4. The first-order chi connectivity index (χ1) is 19.8. The van der Waals surface area contributed by atoms with Gasteiger partial charge in [-0.3, -0.25) is 4.79 Å². The Morgan fingerprint density at radius 1 is 0.929 bits per heavy atom. The third-order valence-corrected chi connectivity index (χ3v) is 10.5. The first-order valence-corrected chi connectivity index (χ1v) is 14.4. The van der Waals surface area contributed by atoms with Gasteiger partial charge in [0.1, 0.15) is 11.7 Å². The Morgan fingerprint density at radius 2 is 1.50 bits per heavy atom. The van der Waals surface area contributed by atoms with Crippen LogP contribution in [-0.2, 0) is 14.3 Å². The highest BCUT2D eigenvalue weighted by molar-refractivity contribution is 6.05. The number of ketones is 1. The molecule has 0 amide bonds. The summed E-state index contributed by atoms with van der Waals surface area (Å²) in [5.74, 6) is -5.00. The zero-order chi connectivity index (χ0) is 30.2. The Hall–Kier alpha value is -3.59. The summed E-state index contributed by atoms with van der Waals surface area (Å²) >= 11 is 0. The predicted molar refractivity (Wildman–Crippen MR) is 152 cm³/mol. The van der Waals surface area contributed by atoms with E-state index in [0.717, 1.165) is 0 Å². The standard InChI is InChI=1S/C34H36O8/c1-19-15-25-32(39,27(19)36)17-21(18-35)16-24-26-31(3,4)34(26,42-30(38)23-13-9-6-10-14-23)28(20(2)33(24,25)40)41-29(37)22-11-7-5-8-12-22/h5-16,20,24-26,28,35,39-40H,17-18H2,1-4H3. The number of rotatable bonds is 5. The number of esters is 2. The molecule has 0 saturated heterocycles. The highest BCUT2D eigenvalue weighted by atomic mass is 16.6. The van der Waals surface area contributed by atoms with Crippen LogP contribution in [0.5, 0.6) is 0 Å². The largest absolute Gasteiger partial charge is 0.454 e. The number of aliphatic hydroxyl groups is 3. The minimum atomic E-state index is -1.98. The number of fused-ring (bicyclic) bond motifs is 5. The van der Waals surface area contributed by atoms with Gasteiger partial charge in [0.15, 0.2) is 11.4 Å². The fraction of sp³-hybridized carbons (Fsp3) is 0.441. The first kappa shape index (κ1) is 28.5. The van der Waals surface area contributed by atoms with Crippen LogP contribution >= 0.6 is 0 Å². The highest BCUT2D eigenvalue weighted by Crippen LogP contribution is 2.77. The number of carbonyl (C=O) groups excluding carboxylic acids is 3. The van der Waals surface area contributed by atoms with Gasteiger partial charge < -0.3 is 24.8 Å². The van der Waals surface area contributed by atoms with E-state index in [4.69, 9.17) is 9.47 Å². The lowest BCUT2D eigenvalue weighted by Gasteiger charge is -2.53. The summed E-state index contributed by atoms with van der Waals surface area (Å²) in [4.78, 5) is 40.5. The Kier molecular flexibility index (Phi) is 6.42. The van der Waals surface area contributed by atoms with Crippen LogP contribution in [0.1, 0.15) is 54.8 Å². The maximum absolute atomic E-state index is 13.6. The number of ether oxygens (including phenoxy) is 2. The third kappa shape index (κ3) is 3.68. The van der Waals surface area contributed by atoms with E-state index in [1.54, 1.807) is 86.7 Å². The number of carbonyl (C=O) groups is 3. The van der Waals surface area contributed by atoms with Crippen molar-refractivity contribution in [2.24, 2.45) is 29.1 Å². The van der Waals surface area contributed by atoms with Crippen molar-refractivity contribution in [3.63, 3.8) is 0 Å². The van der Waals surface area contributed by atoms with Gasteiger partial charge in [0.2, 0.25) is 0 Å². The normalized spacial score (nSPS) is 37.7. The van der Waals surface area contributed by atoms with E-state index in [-0.39, 0.29) is 6.42 Å². The monoisotopic (exact) mass is 572 g/mol. The van der Waals surface area contributed by atoms with Gasteiger partial charge >= 0.3 is 11.9 Å². The van der Waals surface area contributed by atoms with Gasteiger partial charge in [-0.25, -0.2) is 9.59 Å². The highest BCUT2D eigenvalue weighted by Gasteiger charge is 2.88. The number of aliphatic hydroxyl groups excluding tert-OH is 1. The molecule has 0 aliphatic heterocycles. The summed E-state index contributed by atoms with van der Waals surface area (Å²) in [6, 6.07) is 17.0. The Balaban J connectivity index is 1.53. The van der Waals surface area contributed by atoms with E-state index in [1.807, 2.05) is 13.8 Å². The van der Waals surface area contributed by atoms with Crippen LogP contribution in [0.3, 0.4) is 0 Å². The Morgan fingerprint density at radius 3 is 2.07 bits per heavy atom. The predicted octanol–water partition coefficient (Wildman–Crippen LogP) is 3.66. The van der Waals surface area contributed by atoms with Gasteiger partial charge in [0, 0.05) is 35.5 Å². The minimum Gasteiger partial charge on any atom is -0.454 e. The van der Waals surface area contributed by atoms with Gasteiger partial charge in [0.05, 0.1) is 23.3 Å². The van der Waals surface area contributed by atoms with Crippen molar-refractivity contribution in [1.82, 2.24) is 0 Å². The molecule has 2 aromatic carbocycles. The maximum Gasteiger partial charge on any atom is 0.338 e. The molecule has 0 heterocycles. The van der Waals surface area contributed by atoms with Crippen molar-refractivity contribution in [1.29, 1.82) is 0 Å². The molecule has 4 aliphatic carbocycles. The molecular weight excluding hydrogens is 536 g/mol. The molecule has 0 spiro atoms. The molecule has 6 rings (SSSR count). The van der Waals surface area contributed by atoms with E-state index < -0.39 is 76.3 Å². The molecule has 8 atom stereocenters. The molecule has 0 aromatic heterocycles. The topological polar surface area (TPSA) is 130 Å². The molecular formula is C34H36O8. The van der Waals surface area contributed by atoms with Crippen LogP contribution in [0.4, 0.5) is 0 Å². The average molecular weight is 573 g/mol. The van der Waals surface area contributed by atoms with Crippen LogP contribution in [0.15, 0.2) is 84.0 Å². The molecule has 0 radical (unpaired) electrons. The lowest BCUT2D eigenvalue weighted by atomic mass is 9.59. The maximum atomic E-state index is 13.6. The van der Waals surface area contributed by atoms with Gasteiger partial charge in [-0.15, -0.1) is 0 Å². The van der Waals surface area contributed by atoms with Crippen molar-refractivity contribution in [2.75, 3.05) is 6.61 Å². The molecule has 2 aromatic rings. The molecule has 2 fully saturated rings. The minimum absolute atomic E-state index is 0.148. The quantitative estimate of drug-likeness (QED) is 0.366. The molecule has 2 saturated carbocycles. The Bertz CT molecular complexity index is 1510. The van der Waals surface area contributed by atoms with E-state index >= 15 is 0 Å². The van der Waals surface area contributed by atoms with Crippen LogP contribution < -0.4 is 0 Å². The van der Waals surface area contributed by atoms with Gasteiger partial charge in [0.25, 0.3) is 0 Å². The van der Waals surface area contributed by atoms with Gasteiger partial charge in [-0.2, -0.15) is 0 Å². The summed E-state index contributed by atoms with van der Waals surface area (Å²) in [5.41, 5.74) is -4.56. The second-order valence-corrected chi connectivity index (χ2v) is 12.9. The zero-order valence-corrected chi connectivity index (χ0v) is 24.1. The molecule has 0 bridgehead atoms. The van der Waals surface area contributed by atoms with Crippen molar-refractivity contribution >= 4 is 17.7 Å². The summed E-state index contributed by atoms with van der Waals surface area (Å²) in [6.07, 6.45) is 2.07. The van der Waals surface area contributed by atoms with Crippen LogP contribution in [0.2, 0.25) is 0 Å². The fourth-order valence-corrected chi connectivity index (χ4v) is 8.37.